The minimum atomic E-state index is -0.194. The Kier molecular flexibility index (Phi) is 7.09. The molecule has 5 nitrogen and oxygen atoms in total. The second-order valence-electron chi connectivity index (χ2n) is 6.60. The number of benzene rings is 2. The largest absolute Gasteiger partial charge is 0.367 e. The lowest BCUT2D eigenvalue weighted by Gasteiger charge is -2.36. The van der Waals surface area contributed by atoms with Crippen LogP contribution in [0.1, 0.15) is 12.0 Å². The number of rotatable bonds is 6. The fraction of sp³-hybridized carbons (Fsp3) is 0.273. The Bertz CT molecular complexity index is 831. The summed E-state index contributed by atoms with van der Waals surface area (Å²) in [4.78, 5) is 28.3. The number of hydrogen-bond acceptors (Lipinski definition) is 3. The molecule has 2 amide bonds. The smallest absolute Gasteiger partial charge is 0.244 e. The van der Waals surface area contributed by atoms with Gasteiger partial charge in [0.1, 0.15) is 0 Å². The second kappa shape index (κ2) is 9.95. The van der Waals surface area contributed by atoms with Crippen molar-refractivity contribution in [2.45, 2.75) is 6.42 Å². The Morgan fingerprint density at radius 3 is 2.36 bits per heavy atom. The molecule has 6 heteroatoms. The molecule has 3 rings (SSSR count). The van der Waals surface area contributed by atoms with Crippen molar-refractivity contribution in [3.05, 3.63) is 71.3 Å². The highest BCUT2D eigenvalue weighted by Gasteiger charge is 2.21. The third-order valence-corrected chi connectivity index (χ3v) is 5.01. The first-order valence-electron chi connectivity index (χ1n) is 9.42. The number of piperazine rings is 1. The van der Waals surface area contributed by atoms with E-state index in [9.17, 15) is 9.59 Å². The van der Waals surface area contributed by atoms with Crippen molar-refractivity contribution in [3.63, 3.8) is 0 Å². The molecular weight excluding hydrogens is 374 g/mol. The van der Waals surface area contributed by atoms with E-state index in [1.54, 1.807) is 6.08 Å². The van der Waals surface area contributed by atoms with Crippen LogP contribution in [0.25, 0.3) is 6.08 Å². The van der Waals surface area contributed by atoms with Gasteiger partial charge in [0.15, 0.2) is 0 Å². The molecule has 1 aliphatic rings. The third kappa shape index (κ3) is 5.60. The number of para-hydroxylation sites is 1. The van der Waals surface area contributed by atoms with E-state index in [4.69, 9.17) is 11.6 Å². The molecule has 0 aromatic heterocycles. The highest BCUT2D eigenvalue weighted by molar-refractivity contribution is 6.33. The Balaban J connectivity index is 1.38. The van der Waals surface area contributed by atoms with E-state index in [2.05, 4.69) is 10.2 Å². The van der Waals surface area contributed by atoms with Gasteiger partial charge in [-0.1, -0.05) is 54.1 Å². The van der Waals surface area contributed by atoms with Crippen LogP contribution in [-0.4, -0.2) is 49.4 Å². The Morgan fingerprint density at radius 2 is 1.64 bits per heavy atom. The summed E-state index contributed by atoms with van der Waals surface area (Å²) in [6, 6.07) is 17.4. The van der Waals surface area contributed by atoms with Crippen LogP contribution in [0.5, 0.6) is 0 Å². The molecule has 0 unspecified atom stereocenters. The Morgan fingerprint density at radius 1 is 0.964 bits per heavy atom. The minimum Gasteiger partial charge on any atom is -0.367 e. The van der Waals surface area contributed by atoms with Crippen molar-refractivity contribution in [3.8, 4) is 0 Å². The SMILES string of the molecule is O=C(C=Cc1ccccc1)NCCC(=O)N1CCN(c2ccccc2Cl)CC1. The van der Waals surface area contributed by atoms with Crippen molar-refractivity contribution in [2.24, 2.45) is 0 Å². The first kappa shape index (κ1) is 20.0. The van der Waals surface area contributed by atoms with Gasteiger partial charge >= 0.3 is 0 Å². The van der Waals surface area contributed by atoms with Crippen molar-refractivity contribution >= 4 is 35.2 Å². The van der Waals surface area contributed by atoms with Crippen molar-refractivity contribution < 1.29 is 9.59 Å². The summed E-state index contributed by atoms with van der Waals surface area (Å²) < 4.78 is 0. The third-order valence-electron chi connectivity index (χ3n) is 4.69. The summed E-state index contributed by atoms with van der Waals surface area (Å²) in [5.74, 6) is -0.133. The van der Waals surface area contributed by atoms with Crippen LogP contribution < -0.4 is 10.2 Å². The maximum absolute atomic E-state index is 12.4. The molecule has 2 aromatic rings. The molecule has 2 aromatic carbocycles. The fourth-order valence-corrected chi connectivity index (χ4v) is 3.41. The quantitative estimate of drug-likeness (QED) is 0.761. The standard InChI is InChI=1S/C22H24ClN3O2/c23-19-8-4-5-9-20(19)25-14-16-26(17-15-25)22(28)12-13-24-21(27)11-10-18-6-2-1-3-7-18/h1-11H,12-17H2,(H,24,27). The predicted molar refractivity (Wildman–Crippen MR) is 113 cm³/mol. The van der Waals surface area contributed by atoms with E-state index in [1.165, 1.54) is 6.08 Å². The molecule has 0 atom stereocenters. The summed E-state index contributed by atoms with van der Waals surface area (Å²) in [6.45, 7) is 3.16. The average Bonchev–Trinajstić information content (AvgIpc) is 2.73. The van der Waals surface area contributed by atoms with Gasteiger partial charge < -0.3 is 15.1 Å². The molecule has 0 aliphatic carbocycles. The maximum Gasteiger partial charge on any atom is 0.244 e. The summed E-state index contributed by atoms with van der Waals surface area (Å²) in [5.41, 5.74) is 1.97. The number of hydrogen-bond donors (Lipinski definition) is 1. The van der Waals surface area contributed by atoms with Gasteiger partial charge in [-0.25, -0.2) is 0 Å². The monoisotopic (exact) mass is 397 g/mol. The minimum absolute atomic E-state index is 0.0612. The average molecular weight is 398 g/mol. The molecule has 1 N–H and O–H groups in total. The lowest BCUT2D eigenvalue weighted by molar-refractivity contribution is -0.131. The van der Waals surface area contributed by atoms with Gasteiger partial charge in [-0.05, 0) is 23.8 Å². The van der Waals surface area contributed by atoms with E-state index in [-0.39, 0.29) is 11.8 Å². The molecule has 0 radical (unpaired) electrons. The van der Waals surface area contributed by atoms with Crippen LogP contribution in [0.2, 0.25) is 5.02 Å². The zero-order chi connectivity index (χ0) is 19.8. The molecule has 1 heterocycles. The zero-order valence-corrected chi connectivity index (χ0v) is 16.4. The number of nitrogens with zero attached hydrogens (tertiary/aromatic N) is 2. The number of carbonyl (C=O) groups is 2. The van der Waals surface area contributed by atoms with Gasteiger partial charge in [0, 0.05) is 45.2 Å². The maximum atomic E-state index is 12.4. The normalized spacial score (nSPS) is 14.3. The first-order chi connectivity index (χ1) is 13.6. The van der Waals surface area contributed by atoms with Crippen LogP contribution in [0.3, 0.4) is 0 Å². The predicted octanol–water partition coefficient (Wildman–Crippen LogP) is 3.21. The van der Waals surface area contributed by atoms with Gasteiger partial charge in [-0.15, -0.1) is 0 Å². The van der Waals surface area contributed by atoms with E-state index in [0.29, 0.717) is 26.1 Å². The van der Waals surface area contributed by atoms with Crippen LogP contribution in [0.15, 0.2) is 60.7 Å². The topological polar surface area (TPSA) is 52.7 Å². The number of carbonyl (C=O) groups excluding carboxylic acids is 2. The van der Waals surface area contributed by atoms with Crippen LogP contribution in [0, 0.1) is 0 Å². The summed E-state index contributed by atoms with van der Waals surface area (Å²) in [7, 11) is 0. The van der Waals surface area contributed by atoms with Crippen molar-refractivity contribution in [1.82, 2.24) is 10.2 Å². The molecule has 1 saturated heterocycles. The number of halogens is 1. The Labute approximate surface area is 170 Å². The molecule has 0 spiro atoms. The van der Waals surface area contributed by atoms with Gasteiger partial charge in [-0.2, -0.15) is 0 Å². The molecule has 28 heavy (non-hydrogen) atoms. The van der Waals surface area contributed by atoms with Gasteiger partial charge in [0.2, 0.25) is 11.8 Å². The van der Waals surface area contributed by atoms with Crippen LogP contribution in [0.4, 0.5) is 5.69 Å². The summed E-state index contributed by atoms with van der Waals surface area (Å²) in [5, 5.41) is 3.49. The Hall–Kier alpha value is -2.79. The van der Waals surface area contributed by atoms with E-state index < -0.39 is 0 Å². The van der Waals surface area contributed by atoms with Gasteiger partial charge in [0.05, 0.1) is 10.7 Å². The lowest BCUT2D eigenvalue weighted by atomic mass is 10.2. The highest BCUT2D eigenvalue weighted by Crippen LogP contribution is 2.26. The summed E-state index contributed by atoms with van der Waals surface area (Å²) in [6.07, 6.45) is 3.55. The lowest BCUT2D eigenvalue weighted by Crippen LogP contribution is -2.49. The number of nitrogens with one attached hydrogen (secondary N) is 1. The van der Waals surface area contributed by atoms with Crippen molar-refractivity contribution in [1.29, 1.82) is 0 Å². The van der Waals surface area contributed by atoms with Crippen molar-refractivity contribution in [2.75, 3.05) is 37.6 Å². The van der Waals surface area contributed by atoms with Gasteiger partial charge in [0.25, 0.3) is 0 Å². The molecule has 0 bridgehead atoms. The molecule has 1 fully saturated rings. The van der Waals surface area contributed by atoms with E-state index in [1.807, 2.05) is 59.5 Å². The first-order valence-corrected chi connectivity index (χ1v) is 9.79. The van der Waals surface area contributed by atoms with Crippen LogP contribution >= 0.6 is 11.6 Å². The number of amides is 2. The van der Waals surface area contributed by atoms with E-state index in [0.717, 1.165) is 29.4 Å². The molecular formula is C22H24ClN3O2. The highest BCUT2D eigenvalue weighted by atomic mass is 35.5. The van der Waals surface area contributed by atoms with Crippen LogP contribution in [-0.2, 0) is 9.59 Å². The fourth-order valence-electron chi connectivity index (χ4n) is 3.15. The second-order valence-corrected chi connectivity index (χ2v) is 7.01. The zero-order valence-electron chi connectivity index (χ0n) is 15.7. The van der Waals surface area contributed by atoms with E-state index >= 15 is 0 Å². The summed E-state index contributed by atoms with van der Waals surface area (Å²) >= 11 is 6.25. The molecule has 0 saturated carbocycles. The molecule has 1 aliphatic heterocycles. The number of anilines is 1. The molecule has 146 valence electrons. The van der Waals surface area contributed by atoms with Gasteiger partial charge in [-0.3, -0.25) is 9.59 Å².